The van der Waals surface area contributed by atoms with Crippen LogP contribution in [0, 0.1) is 11.6 Å². The summed E-state index contributed by atoms with van der Waals surface area (Å²) < 4.78 is 98.0. The first-order chi connectivity index (χ1) is 18.7. The predicted molar refractivity (Wildman–Crippen MR) is 139 cm³/mol. The van der Waals surface area contributed by atoms with Crippen molar-refractivity contribution in [2.75, 3.05) is 11.5 Å². The molecule has 1 aromatic heterocycles. The summed E-state index contributed by atoms with van der Waals surface area (Å²) in [5.74, 6) is -4.33. The van der Waals surface area contributed by atoms with Gasteiger partial charge in [0.25, 0.3) is 5.91 Å². The van der Waals surface area contributed by atoms with Gasteiger partial charge < -0.3 is 15.2 Å². The molecule has 224 valence electrons. The maximum atomic E-state index is 15.4. The minimum atomic E-state index is -5.11. The molecular weight excluding hydrogens is 577 g/mol. The first kappa shape index (κ1) is 30.5. The molecule has 0 saturated carbocycles. The number of benzene rings is 2. The quantitative estimate of drug-likeness (QED) is 0.410. The molecule has 15 heteroatoms. The van der Waals surface area contributed by atoms with Gasteiger partial charge >= 0.3 is 12.1 Å². The average molecular weight is 606 g/mol. The van der Waals surface area contributed by atoms with Crippen LogP contribution in [-0.4, -0.2) is 57.6 Å². The molecule has 4 rings (SSSR count). The van der Waals surface area contributed by atoms with Crippen LogP contribution >= 0.6 is 0 Å². The number of carbonyl (C=O) groups excluding carboxylic acids is 1. The van der Waals surface area contributed by atoms with Gasteiger partial charge in [-0.1, -0.05) is 0 Å². The van der Waals surface area contributed by atoms with Gasteiger partial charge in [-0.25, -0.2) is 22.0 Å². The van der Waals surface area contributed by atoms with E-state index >= 15 is 4.39 Å². The van der Waals surface area contributed by atoms with E-state index < -0.39 is 73.6 Å². The number of nitrogens with zero attached hydrogens (tertiary/aromatic N) is 2. The number of aromatic nitrogens is 2. The summed E-state index contributed by atoms with van der Waals surface area (Å²) in [5.41, 5.74) is -5.17. The smallest absolute Gasteiger partial charge is 0.406 e. The first-order valence-corrected chi connectivity index (χ1v) is 14.3. The topological polar surface area (TPSA) is 120 Å². The van der Waals surface area contributed by atoms with Crippen LogP contribution in [0.4, 0.5) is 22.0 Å². The van der Waals surface area contributed by atoms with Crippen molar-refractivity contribution in [3.05, 3.63) is 58.0 Å². The van der Waals surface area contributed by atoms with Crippen LogP contribution in [0.15, 0.2) is 35.1 Å². The number of halogens is 5. The molecule has 0 spiro atoms. The number of amides is 1. The third kappa shape index (κ3) is 6.25. The van der Waals surface area contributed by atoms with Gasteiger partial charge in [-0.15, -0.1) is 13.2 Å². The Labute approximate surface area is 231 Å². The number of carbonyl (C=O) groups is 1. The fourth-order valence-electron chi connectivity index (χ4n) is 4.65. The minimum absolute atomic E-state index is 0.0946. The van der Waals surface area contributed by atoms with E-state index in [1.807, 2.05) is 0 Å². The summed E-state index contributed by atoms with van der Waals surface area (Å²) in [6.07, 6.45) is -4.92. The largest absolute Gasteiger partial charge is 0.573 e. The molecule has 0 aliphatic carbocycles. The highest BCUT2D eigenvalue weighted by Gasteiger charge is 2.36. The highest BCUT2D eigenvalue weighted by molar-refractivity contribution is 7.91. The fourth-order valence-corrected chi connectivity index (χ4v) is 6.38. The van der Waals surface area contributed by atoms with Crippen molar-refractivity contribution in [3.8, 4) is 11.4 Å². The summed E-state index contributed by atoms with van der Waals surface area (Å²) in [4.78, 5) is 26.8. The maximum Gasteiger partial charge on any atom is 0.573 e. The zero-order valence-electron chi connectivity index (χ0n) is 22.5. The summed E-state index contributed by atoms with van der Waals surface area (Å²) in [7, 11) is -3.26. The molecule has 1 aliphatic rings. The number of alkyl halides is 3. The summed E-state index contributed by atoms with van der Waals surface area (Å²) in [5, 5.41) is 13.3. The molecule has 0 bridgehead atoms. The number of rotatable bonds is 6. The molecule has 2 heterocycles. The van der Waals surface area contributed by atoms with Crippen molar-refractivity contribution in [1.29, 1.82) is 0 Å². The highest BCUT2D eigenvalue weighted by atomic mass is 32.2. The van der Waals surface area contributed by atoms with E-state index in [9.17, 15) is 40.7 Å². The molecule has 1 saturated heterocycles. The van der Waals surface area contributed by atoms with Crippen molar-refractivity contribution < 1.29 is 45.0 Å². The van der Waals surface area contributed by atoms with Crippen LogP contribution < -0.4 is 15.7 Å². The molecule has 9 nitrogen and oxygen atoms in total. The maximum absolute atomic E-state index is 15.4. The monoisotopic (exact) mass is 605 g/mol. The van der Waals surface area contributed by atoms with Gasteiger partial charge in [0.2, 0.25) is 0 Å². The number of imidazole rings is 1. The zero-order valence-corrected chi connectivity index (χ0v) is 23.3. The molecule has 41 heavy (non-hydrogen) atoms. The molecule has 1 fully saturated rings. The predicted octanol–water partition coefficient (Wildman–Crippen LogP) is 4.00. The van der Waals surface area contributed by atoms with Crippen molar-refractivity contribution in [3.63, 3.8) is 0 Å². The minimum Gasteiger partial charge on any atom is -0.406 e. The van der Waals surface area contributed by atoms with E-state index in [-0.39, 0.29) is 35.4 Å². The molecule has 0 radical (unpaired) electrons. The summed E-state index contributed by atoms with van der Waals surface area (Å²) >= 11 is 0. The second-order valence-electron chi connectivity index (χ2n) is 11.0. The second-order valence-corrected chi connectivity index (χ2v) is 13.3. The van der Waals surface area contributed by atoms with Crippen LogP contribution in [0.1, 0.15) is 56.9 Å². The number of aliphatic hydroxyl groups is 1. The number of ether oxygens (including phenoxy) is 1. The second kappa shape index (κ2) is 10.1. The molecule has 0 unspecified atom stereocenters. The first-order valence-electron chi connectivity index (χ1n) is 12.5. The zero-order chi connectivity index (χ0) is 30.7. The van der Waals surface area contributed by atoms with Crippen LogP contribution in [-0.2, 0) is 9.84 Å². The standard InChI is InChI=1S/C26H28F5N3O6S/c1-14(24(2,3)37)33-20-12-16(22(35)32-25(4)7-9-41(38,39)10-8-25)18(28)13-21(20)34(23(33)36)19-11-15(5-6-17(19)27)40-26(29,30)31/h5-6,11-14,37H,7-10H2,1-4H3,(H,32,35)/t14-/m1/s1. The lowest BCUT2D eigenvalue weighted by molar-refractivity contribution is -0.274. The van der Waals surface area contributed by atoms with Crippen LogP contribution in [0.2, 0.25) is 0 Å². The summed E-state index contributed by atoms with van der Waals surface area (Å²) in [6.45, 7) is 5.82. The Balaban J connectivity index is 1.90. The Bertz CT molecular complexity index is 1670. The van der Waals surface area contributed by atoms with Crippen LogP contribution in [0.5, 0.6) is 5.75 Å². The Morgan fingerprint density at radius 2 is 1.68 bits per heavy atom. The third-order valence-corrected chi connectivity index (χ3v) is 9.01. The lowest BCUT2D eigenvalue weighted by atomic mass is 9.94. The highest BCUT2D eigenvalue weighted by Crippen LogP contribution is 2.32. The van der Waals surface area contributed by atoms with Crippen molar-refractivity contribution in [1.82, 2.24) is 14.5 Å². The number of nitrogens with one attached hydrogen (secondary N) is 1. The van der Waals surface area contributed by atoms with E-state index in [0.29, 0.717) is 22.8 Å². The Hall–Kier alpha value is -3.46. The number of fused-ring (bicyclic) bond motifs is 1. The van der Waals surface area contributed by atoms with E-state index in [1.165, 1.54) is 20.8 Å². The number of sulfone groups is 1. The normalized spacial score (nSPS) is 17.8. The summed E-state index contributed by atoms with van der Waals surface area (Å²) in [6, 6.07) is 2.73. The third-order valence-electron chi connectivity index (χ3n) is 7.35. The van der Waals surface area contributed by atoms with E-state index in [1.54, 1.807) is 6.92 Å². The van der Waals surface area contributed by atoms with Crippen LogP contribution in [0.25, 0.3) is 16.7 Å². The van der Waals surface area contributed by atoms with E-state index in [2.05, 4.69) is 10.1 Å². The Morgan fingerprint density at radius 3 is 2.24 bits per heavy atom. The molecular formula is C26H28F5N3O6S. The van der Waals surface area contributed by atoms with Crippen molar-refractivity contribution in [2.45, 2.75) is 64.1 Å². The van der Waals surface area contributed by atoms with Gasteiger partial charge in [0.15, 0.2) is 0 Å². The van der Waals surface area contributed by atoms with Gasteiger partial charge in [-0.2, -0.15) is 0 Å². The van der Waals surface area contributed by atoms with Crippen molar-refractivity contribution in [2.24, 2.45) is 0 Å². The SMILES string of the molecule is C[C@@H](n1c(=O)n(-c2cc(OC(F)(F)F)ccc2F)c2cc(F)c(C(=O)NC3(C)CCS(=O)(=O)CC3)cc21)C(C)(C)O. The van der Waals surface area contributed by atoms with Crippen molar-refractivity contribution >= 4 is 26.8 Å². The lowest BCUT2D eigenvalue weighted by Gasteiger charge is -2.34. The van der Waals surface area contributed by atoms with Gasteiger partial charge in [-0.3, -0.25) is 13.9 Å². The molecule has 2 aromatic carbocycles. The van der Waals surface area contributed by atoms with Crippen LogP contribution in [0.3, 0.4) is 0 Å². The molecule has 1 aliphatic heterocycles. The van der Waals surface area contributed by atoms with Gasteiger partial charge in [0.1, 0.15) is 27.2 Å². The van der Waals surface area contributed by atoms with Gasteiger partial charge in [0.05, 0.1) is 45.4 Å². The molecule has 3 aromatic rings. The number of hydrogen-bond donors (Lipinski definition) is 2. The fraction of sp³-hybridized carbons (Fsp3) is 0.462. The van der Waals surface area contributed by atoms with Gasteiger partial charge in [0, 0.05) is 17.7 Å². The van der Waals surface area contributed by atoms with E-state index in [0.717, 1.165) is 16.7 Å². The Morgan fingerprint density at radius 1 is 1.07 bits per heavy atom. The average Bonchev–Trinajstić information content (AvgIpc) is 3.10. The Kier molecular flexibility index (Phi) is 7.53. The van der Waals surface area contributed by atoms with Gasteiger partial charge in [-0.05, 0) is 58.7 Å². The molecule has 1 amide bonds. The molecule has 1 atom stereocenters. The number of hydrogen-bond acceptors (Lipinski definition) is 6. The van der Waals surface area contributed by atoms with E-state index in [4.69, 9.17) is 0 Å². The lowest BCUT2D eigenvalue weighted by Crippen LogP contribution is -2.51. The molecule has 2 N–H and O–H groups in total.